The standard InChI is InChI=1S/C30H37NO2/c1-19-24(7-4-20-11-15-31-18-25(19)20)26-8-9-27-28(26,2)12-10-22-16-21-5-6-23(32-3)17-29(21)13-14-30(22,27)33-29/h4,7,10-11,15-16,18-19,23-24,26-27H,5-6,8-9,12-14,17H2,1-3H3/t19?,23?,24?,26-,27-,28?,29-,30-/m1/s1. The minimum atomic E-state index is -0.0675. The molecule has 7 rings (SSSR count). The third-order valence-electron chi connectivity index (χ3n) is 11.0. The van der Waals surface area contributed by atoms with Gasteiger partial charge in [0, 0.05) is 25.9 Å². The molecule has 0 N–H and O–H groups in total. The number of hydrogen-bond donors (Lipinski definition) is 0. The van der Waals surface area contributed by atoms with Crippen molar-refractivity contribution < 1.29 is 9.47 Å². The fourth-order valence-electron chi connectivity index (χ4n) is 9.26. The van der Waals surface area contributed by atoms with Crippen LogP contribution in [0.2, 0.25) is 0 Å². The van der Waals surface area contributed by atoms with Crippen LogP contribution in [0.25, 0.3) is 6.08 Å². The Balaban J connectivity index is 1.25. The Morgan fingerprint density at radius 2 is 2.09 bits per heavy atom. The van der Waals surface area contributed by atoms with Crippen LogP contribution >= 0.6 is 0 Å². The van der Waals surface area contributed by atoms with Crippen LogP contribution in [0.1, 0.15) is 82.3 Å². The van der Waals surface area contributed by atoms with Crippen molar-refractivity contribution in [3.05, 3.63) is 59.0 Å². The molecule has 0 amide bonds. The van der Waals surface area contributed by atoms with E-state index in [1.807, 2.05) is 13.3 Å². The highest BCUT2D eigenvalue weighted by molar-refractivity contribution is 5.57. The Morgan fingerprint density at radius 1 is 1.18 bits per heavy atom. The zero-order chi connectivity index (χ0) is 22.4. The first-order valence-electron chi connectivity index (χ1n) is 13.3. The van der Waals surface area contributed by atoms with Crippen molar-refractivity contribution in [1.29, 1.82) is 0 Å². The normalized spacial score (nSPS) is 47.2. The van der Waals surface area contributed by atoms with E-state index in [9.17, 15) is 0 Å². The molecule has 2 aliphatic heterocycles. The summed E-state index contributed by atoms with van der Waals surface area (Å²) in [6, 6.07) is 2.17. The van der Waals surface area contributed by atoms with Crippen molar-refractivity contribution >= 4 is 6.08 Å². The number of aromatic nitrogens is 1. The van der Waals surface area contributed by atoms with Crippen molar-refractivity contribution in [2.75, 3.05) is 7.11 Å². The van der Waals surface area contributed by atoms with Gasteiger partial charge in [0.15, 0.2) is 0 Å². The van der Waals surface area contributed by atoms with Crippen molar-refractivity contribution in [1.82, 2.24) is 4.98 Å². The topological polar surface area (TPSA) is 31.4 Å². The van der Waals surface area contributed by atoms with Crippen LogP contribution in [0.4, 0.5) is 0 Å². The number of nitrogens with zero attached hydrogens (tertiary/aromatic N) is 1. The predicted octanol–water partition coefficient (Wildman–Crippen LogP) is 6.62. The molecule has 8 atom stereocenters. The van der Waals surface area contributed by atoms with Crippen LogP contribution in [-0.2, 0) is 9.47 Å². The van der Waals surface area contributed by atoms with Crippen LogP contribution in [0.15, 0.2) is 47.8 Å². The highest BCUT2D eigenvalue weighted by atomic mass is 16.5. The first-order valence-corrected chi connectivity index (χ1v) is 13.3. The molecule has 0 radical (unpaired) electrons. The monoisotopic (exact) mass is 443 g/mol. The second-order valence-corrected chi connectivity index (χ2v) is 12.1. The fourth-order valence-corrected chi connectivity index (χ4v) is 9.26. The summed E-state index contributed by atoms with van der Waals surface area (Å²) < 4.78 is 13.2. The molecule has 1 aromatic heterocycles. The Labute approximate surface area is 198 Å². The highest BCUT2D eigenvalue weighted by Crippen LogP contribution is 2.69. The van der Waals surface area contributed by atoms with Crippen molar-refractivity contribution in [3.63, 3.8) is 0 Å². The molecule has 3 heterocycles. The lowest BCUT2D eigenvalue weighted by Gasteiger charge is -2.55. The van der Waals surface area contributed by atoms with E-state index >= 15 is 0 Å². The molecule has 33 heavy (non-hydrogen) atoms. The summed E-state index contributed by atoms with van der Waals surface area (Å²) in [5.41, 5.74) is 6.02. The molecule has 4 unspecified atom stereocenters. The van der Waals surface area contributed by atoms with E-state index in [0.717, 1.165) is 19.3 Å². The van der Waals surface area contributed by atoms with Gasteiger partial charge in [0.05, 0.1) is 17.3 Å². The molecule has 174 valence electrons. The molecule has 2 saturated carbocycles. The summed E-state index contributed by atoms with van der Waals surface area (Å²) in [4.78, 5) is 4.46. The maximum absolute atomic E-state index is 7.37. The van der Waals surface area contributed by atoms with Gasteiger partial charge in [0.1, 0.15) is 0 Å². The van der Waals surface area contributed by atoms with Gasteiger partial charge >= 0.3 is 0 Å². The SMILES string of the molecule is COC1CCC2=CC3=CCC4(C)[C@@H](C5C=Cc6ccncc6C5C)CC[C@H]4[C@@]34CC[C@]2(C1)O4. The highest BCUT2D eigenvalue weighted by Gasteiger charge is 2.67. The average molecular weight is 444 g/mol. The second-order valence-electron chi connectivity index (χ2n) is 12.1. The predicted molar refractivity (Wildman–Crippen MR) is 131 cm³/mol. The van der Waals surface area contributed by atoms with E-state index in [2.05, 4.69) is 55.4 Å². The number of allylic oxidation sites excluding steroid dienone is 2. The van der Waals surface area contributed by atoms with E-state index < -0.39 is 0 Å². The van der Waals surface area contributed by atoms with Crippen LogP contribution in [0.3, 0.4) is 0 Å². The van der Waals surface area contributed by atoms with Crippen LogP contribution in [0.5, 0.6) is 0 Å². The van der Waals surface area contributed by atoms with Gasteiger partial charge in [-0.3, -0.25) is 4.98 Å². The van der Waals surface area contributed by atoms with E-state index in [1.54, 1.807) is 5.57 Å². The lowest BCUT2D eigenvalue weighted by atomic mass is 9.55. The molecule has 3 fully saturated rings. The number of rotatable bonds is 2. The average Bonchev–Trinajstić information content (AvgIpc) is 3.34. The Kier molecular flexibility index (Phi) is 4.33. The zero-order valence-corrected chi connectivity index (χ0v) is 20.3. The van der Waals surface area contributed by atoms with Crippen LogP contribution in [0, 0.1) is 23.2 Å². The summed E-state index contributed by atoms with van der Waals surface area (Å²) >= 11 is 0. The number of pyridine rings is 1. The molecular weight excluding hydrogens is 406 g/mol. The Hall–Kier alpha value is -1.71. The van der Waals surface area contributed by atoms with Gasteiger partial charge < -0.3 is 9.47 Å². The van der Waals surface area contributed by atoms with Gasteiger partial charge in [-0.15, -0.1) is 0 Å². The molecule has 0 aromatic carbocycles. The van der Waals surface area contributed by atoms with Crippen molar-refractivity contribution in [2.45, 2.75) is 88.4 Å². The Morgan fingerprint density at radius 3 is 2.97 bits per heavy atom. The summed E-state index contributed by atoms with van der Waals surface area (Å²) in [5, 5.41) is 0. The second kappa shape index (κ2) is 6.92. The smallest absolute Gasteiger partial charge is 0.0974 e. The lowest BCUT2D eigenvalue weighted by Crippen LogP contribution is -2.55. The maximum atomic E-state index is 7.37. The zero-order valence-electron chi connectivity index (χ0n) is 20.3. The van der Waals surface area contributed by atoms with Crippen molar-refractivity contribution in [3.8, 4) is 0 Å². The lowest BCUT2D eigenvalue weighted by molar-refractivity contribution is -0.150. The Bertz CT molecular complexity index is 1090. The number of hydrogen-bond acceptors (Lipinski definition) is 3. The van der Waals surface area contributed by atoms with Crippen molar-refractivity contribution in [2.24, 2.45) is 23.2 Å². The summed E-state index contributed by atoms with van der Waals surface area (Å²) in [5.74, 6) is 2.42. The molecule has 3 nitrogen and oxygen atoms in total. The van der Waals surface area contributed by atoms with Gasteiger partial charge in [-0.2, -0.15) is 0 Å². The maximum Gasteiger partial charge on any atom is 0.0974 e. The molecular formula is C30H37NO2. The number of methoxy groups -OCH3 is 1. The van der Waals surface area contributed by atoms with Gasteiger partial charge in [-0.1, -0.05) is 38.2 Å². The quantitative estimate of drug-likeness (QED) is 0.515. The van der Waals surface area contributed by atoms with Gasteiger partial charge in [-0.05, 0) is 102 Å². The summed E-state index contributed by atoms with van der Waals surface area (Å²) in [6.45, 7) is 5.03. The van der Waals surface area contributed by atoms with Gasteiger partial charge in [-0.25, -0.2) is 0 Å². The summed E-state index contributed by atoms with van der Waals surface area (Å²) in [6.07, 6.45) is 23.9. The van der Waals surface area contributed by atoms with Crippen LogP contribution < -0.4 is 0 Å². The minimum Gasteiger partial charge on any atom is -0.381 e. The van der Waals surface area contributed by atoms with E-state index in [4.69, 9.17) is 9.47 Å². The molecule has 2 bridgehead atoms. The van der Waals surface area contributed by atoms with E-state index in [-0.39, 0.29) is 11.2 Å². The van der Waals surface area contributed by atoms with E-state index in [1.165, 1.54) is 48.8 Å². The first-order chi connectivity index (χ1) is 16.0. The van der Waals surface area contributed by atoms with E-state index in [0.29, 0.717) is 35.2 Å². The third-order valence-corrected chi connectivity index (χ3v) is 11.0. The molecule has 2 spiro atoms. The molecule has 4 aliphatic carbocycles. The van der Waals surface area contributed by atoms with Gasteiger partial charge in [0.2, 0.25) is 0 Å². The largest absolute Gasteiger partial charge is 0.381 e. The van der Waals surface area contributed by atoms with Gasteiger partial charge in [0.25, 0.3) is 0 Å². The number of ether oxygens (including phenoxy) is 2. The third kappa shape index (κ3) is 2.61. The molecule has 1 saturated heterocycles. The van der Waals surface area contributed by atoms with Crippen LogP contribution in [-0.4, -0.2) is 29.4 Å². The summed E-state index contributed by atoms with van der Waals surface area (Å²) in [7, 11) is 1.88. The molecule has 3 heteroatoms. The number of fused-ring (bicyclic) bond motifs is 2. The minimum absolute atomic E-state index is 0.0603. The fraction of sp³-hybridized carbons (Fsp3) is 0.633. The molecule has 1 aromatic rings. The molecule has 6 aliphatic rings. The first kappa shape index (κ1) is 20.6.